The molecule has 0 N–H and O–H groups in total. The number of aromatic nitrogens is 3. The van der Waals surface area contributed by atoms with E-state index in [1.807, 2.05) is 24.4 Å². The Hall–Kier alpha value is -2.94. The Labute approximate surface area is 120 Å². The highest BCUT2D eigenvalue weighted by atomic mass is 15.0. The third kappa shape index (κ3) is 1.32. The molecule has 0 aliphatic heterocycles. The maximum absolute atomic E-state index is 4.83. The molecule has 3 nitrogen and oxygen atoms in total. The summed E-state index contributed by atoms with van der Waals surface area (Å²) in [5, 5.41) is 2.29. The van der Waals surface area contributed by atoms with E-state index in [4.69, 9.17) is 4.98 Å². The van der Waals surface area contributed by atoms with Crippen LogP contribution in [-0.2, 0) is 0 Å². The smallest absolute Gasteiger partial charge is 0.146 e. The van der Waals surface area contributed by atoms with Gasteiger partial charge in [-0.05, 0) is 24.3 Å². The van der Waals surface area contributed by atoms with E-state index in [0.29, 0.717) is 0 Å². The molecule has 3 heterocycles. The Morgan fingerprint density at radius 1 is 0.714 bits per heavy atom. The fourth-order valence-corrected chi connectivity index (χ4v) is 3.12. The topological polar surface area (TPSA) is 30.2 Å². The van der Waals surface area contributed by atoms with Crippen molar-refractivity contribution in [3.8, 4) is 0 Å². The van der Waals surface area contributed by atoms with Crippen LogP contribution in [0, 0.1) is 0 Å². The van der Waals surface area contributed by atoms with Gasteiger partial charge < -0.3 is 0 Å². The van der Waals surface area contributed by atoms with E-state index in [1.165, 1.54) is 0 Å². The van der Waals surface area contributed by atoms with Crippen LogP contribution in [0.3, 0.4) is 0 Å². The summed E-state index contributed by atoms with van der Waals surface area (Å²) in [7, 11) is 0. The molecular formula is C18H11N3. The first-order valence-corrected chi connectivity index (χ1v) is 6.96. The molecule has 0 spiro atoms. The fraction of sp³-hybridized carbons (Fsp3) is 0. The fourth-order valence-electron chi connectivity index (χ4n) is 3.12. The van der Waals surface area contributed by atoms with Crippen LogP contribution >= 0.6 is 0 Å². The molecular weight excluding hydrogens is 258 g/mol. The Balaban J connectivity index is 2.25. The van der Waals surface area contributed by atoms with Gasteiger partial charge in [0.1, 0.15) is 5.65 Å². The second kappa shape index (κ2) is 3.79. The number of hydrogen-bond donors (Lipinski definition) is 0. The van der Waals surface area contributed by atoms with Gasteiger partial charge in [0.2, 0.25) is 0 Å². The number of benzene rings is 2. The minimum Gasteiger partial charge on any atom is -0.290 e. The average Bonchev–Trinajstić information content (AvgIpc) is 2.95. The molecule has 0 aliphatic carbocycles. The maximum atomic E-state index is 4.83. The number of imidazole rings is 1. The lowest BCUT2D eigenvalue weighted by Gasteiger charge is -2.07. The zero-order chi connectivity index (χ0) is 13.8. The molecule has 5 rings (SSSR count). The van der Waals surface area contributed by atoms with Crippen LogP contribution in [0.5, 0.6) is 0 Å². The van der Waals surface area contributed by atoms with Gasteiger partial charge in [0.05, 0.1) is 22.1 Å². The van der Waals surface area contributed by atoms with Gasteiger partial charge in [0, 0.05) is 17.0 Å². The summed E-state index contributed by atoms with van der Waals surface area (Å²) in [6.45, 7) is 0. The van der Waals surface area contributed by atoms with Crippen molar-refractivity contribution in [2.75, 3.05) is 0 Å². The minimum atomic E-state index is 0.993. The lowest BCUT2D eigenvalue weighted by atomic mass is 10.1. The van der Waals surface area contributed by atoms with Gasteiger partial charge in [-0.15, -0.1) is 0 Å². The predicted molar refractivity (Wildman–Crippen MR) is 85.5 cm³/mol. The number of rotatable bonds is 0. The van der Waals surface area contributed by atoms with Gasteiger partial charge in [-0.3, -0.25) is 9.38 Å². The van der Waals surface area contributed by atoms with Crippen LogP contribution in [0.1, 0.15) is 0 Å². The summed E-state index contributed by atoms with van der Waals surface area (Å²) >= 11 is 0. The summed E-state index contributed by atoms with van der Waals surface area (Å²) in [5.74, 6) is 0. The molecule has 3 heteroatoms. The molecule has 0 saturated heterocycles. The standard InChI is InChI=1S/C18H11N3/c1-2-7-13-12(6-1)17-16(10-5-11-19-17)21-15-9-4-3-8-14(15)20-18(13)21/h1-11H. The molecule has 0 fully saturated rings. The van der Waals surface area contributed by atoms with E-state index in [1.54, 1.807) is 0 Å². The van der Waals surface area contributed by atoms with Gasteiger partial charge in [0.15, 0.2) is 0 Å². The molecule has 0 unspecified atom stereocenters. The predicted octanol–water partition coefficient (Wildman–Crippen LogP) is 4.19. The van der Waals surface area contributed by atoms with Crippen LogP contribution in [0.15, 0.2) is 66.9 Å². The first-order chi connectivity index (χ1) is 10.4. The highest BCUT2D eigenvalue weighted by molar-refractivity contribution is 6.12. The maximum Gasteiger partial charge on any atom is 0.146 e. The van der Waals surface area contributed by atoms with Crippen LogP contribution in [0.25, 0.3) is 38.5 Å². The van der Waals surface area contributed by atoms with Crippen LogP contribution in [0.2, 0.25) is 0 Å². The average molecular weight is 269 g/mol. The van der Waals surface area contributed by atoms with Crippen molar-refractivity contribution in [2.24, 2.45) is 0 Å². The Kier molecular flexibility index (Phi) is 1.95. The Morgan fingerprint density at radius 3 is 2.43 bits per heavy atom. The Morgan fingerprint density at radius 2 is 1.48 bits per heavy atom. The first-order valence-electron chi connectivity index (χ1n) is 6.96. The van der Waals surface area contributed by atoms with Crippen molar-refractivity contribution >= 4 is 38.5 Å². The molecule has 0 aliphatic rings. The van der Waals surface area contributed by atoms with Crippen molar-refractivity contribution in [3.63, 3.8) is 0 Å². The van der Waals surface area contributed by atoms with E-state index >= 15 is 0 Å². The van der Waals surface area contributed by atoms with Gasteiger partial charge in [-0.2, -0.15) is 0 Å². The Bertz CT molecular complexity index is 1140. The van der Waals surface area contributed by atoms with Crippen LogP contribution < -0.4 is 0 Å². The van der Waals surface area contributed by atoms with Crippen molar-refractivity contribution in [1.29, 1.82) is 0 Å². The molecule has 0 bridgehead atoms. The summed E-state index contributed by atoms with van der Waals surface area (Å²) < 4.78 is 2.21. The molecule has 5 aromatic rings. The number of para-hydroxylation sites is 2. The second-order valence-corrected chi connectivity index (χ2v) is 5.18. The highest BCUT2D eigenvalue weighted by Gasteiger charge is 2.12. The highest BCUT2D eigenvalue weighted by Crippen LogP contribution is 2.30. The normalized spacial score (nSPS) is 11.8. The molecule has 3 aromatic heterocycles. The van der Waals surface area contributed by atoms with Gasteiger partial charge >= 0.3 is 0 Å². The summed E-state index contributed by atoms with van der Waals surface area (Å²) in [6.07, 6.45) is 1.85. The van der Waals surface area contributed by atoms with Crippen LogP contribution in [0.4, 0.5) is 0 Å². The van der Waals surface area contributed by atoms with E-state index in [2.05, 4.69) is 51.8 Å². The van der Waals surface area contributed by atoms with Gasteiger partial charge in [-0.1, -0.05) is 36.4 Å². The van der Waals surface area contributed by atoms with E-state index < -0.39 is 0 Å². The SMILES string of the molecule is c1ccc2c(c1)nc1c3ccccc3c3ncccc3n21. The lowest BCUT2D eigenvalue weighted by molar-refractivity contribution is 1.29. The van der Waals surface area contributed by atoms with Gasteiger partial charge in [0.25, 0.3) is 0 Å². The number of nitrogens with zero attached hydrogens (tertiary/aromatic N) is 3. The molecule has 2 aromatic carbocycles. The molecule has 0 radical (unpaired) electrons. The van der Waals surface area contributed by atoms with E-state index in [9.17, 15) is 0 Å². The van der Waals surface area contributed by atoms with Crippen molar-refractivity contribution < 1.29 is 0 Å². The summed E-state index contributed by atoms with van der Waals surface area (Å²) in [6, 6.07) is 20.7. The zero-order valence-corrected chi connectivity index (χ0v) is 11.2. The monoisotopic (exact) mass is 269 g/mol. The number of pyridine rings is 2. The van der Waals surface area contributed by atoms with Gasteiger partial charge in [-0.25, -0.2) is 4.98 Å². The third-order valence-corrected chi connectivity index (χ3v) is 4.01. The number of hydrogen-bond acceptors (Lipinski definition) is 2. The second-order valence-electron chi connectivity index (χ2n) is 5.18. The largest absolute Gasteiger partial charge is 0.290 e. The quantitative estimate of drug-likeness (QED) is 0.395. The first kappa shape index (κ1) is 10.8. The summed E-state index contributed by atoms with van der Waals surface area (Å²) in [5.41, 5.74) is 5.24. The van der Waals surface area contributed by atoms with E-state index in [-0.39, 0.29) is 0 Å². The molecule has 0 amide bonds. The molecule has 0 atom stereocenters. The molecule has 0 saturated carbocycles. The van der Waals surface area contributed by atoms with E-state index in [0.717, 1.165) is 38.5 Å². The van der Waals surface area contributed by atoms with Crippen molar-refractivity contribution in [3.05, 3.63) is 66.9 Å². The van der Waals surface area contributed by atoms with Crippen molar-refractivity contribution in [1.82, 2.24) is 14.4 Å². The van der Waals surface area contributed by atoms with Crippen LogP contribution in [-0.4, -0.2) is 14.4 Å². The lowest BCUT2D eigenvalue weighted by Crippen LogP contribution is -1.92. The zero-order valence-electron chi connectivity index (χ0n) is 11.2. The van der Waals surface area contributed by atoms with Crippen molar-refractivity contribution in [2.45, 2.75) is 0 Å². The number of fused-ring (bicyclic) bond motifs is 8. The third-order valence-electron chi connectivity index (χ3n) is 4.01. The minimum absolute atomic E-state index is 0.993. The summed E-state index contributed by atoms with van der Waals surface area (Å²) in [4.78, 5) is 9.43. The molecule has 98 valence electrons. The molecule has 21 heavy (non-hydrogen) atoms.